The van der Waals surface area contributed by atoms with E-state index in [-0.39, 0.29) is 23.3 Å². The number of nitrogens with one attached hydrogen (secondary N) is 3. The van der Waals surface area contributed by atoms with Crippen molar-refractivity contribution in [3.05, 3.63) is 126 Å². The van der Waals surface area contributed by atoms with Gasteiger partial charge < -0.3 is 20.7 Å². The molecule has 0 radical (unpaired) electrons. The van der Waals surface area contributed by atoms with Gasteiger partial charge in [-0.05, 0) is 60.2 Å². The lowest BCUT2D eigenvalue weighted by molar-refractivity contribution is -0.114. The Hall–Kier alpha value is -4.82. The van der Waals surface area contributed by atoms with E-state index in [1.165, 1.54) is 11.8 Å². The number of para-hydroxylation sites is 2. The highest BCUT2D eigenvalue weighted by Crippen LogP contribution is 2.25. The SMILES string of the molecule is COc1ccccc1NC(=O)CSc1ccc(NC(=O)/C(=C/c2ccccc2)NC(=O)c2ccccc2)cc1. The van der Waals surface area contributed by atoms with Crippen LogP contribution in [0.5, 0.6) is 5.75 Å². The molecule has 3 amide bonds. The molecule has 0 bridgehead atoms. The second-order valence-corrected chi connectivity index (χ2v) is 9.35. The van der Waals surface area contributed by atoms with Crippen LogP contribution in [0, 0.1) is 0 Å². The number of methoxy groups -OCH3 is 1. The van der Waals surface area contributed by atoms with Crippen LogP contribution in [0.2, 0.25) is 0 Å². The van der Waals surface area contributed by atoms with E-state index in [1.54, 1.807) is 61.7 Å². The standard InChI is InChI=1S/C31H27N3O4S/c1-38-28-15-9-8-14-26(28)33-29(35)21-39-25-18-16-24(17-19-25)32-31(37)27(20-22-10-4-2-5-11-22)34-30(36)23-12-6-3-7-13-23/h2-20H,21H2,1H3,(H,32,37)(H,33,35)(H,34,36)/b27-20-. The summed E-state index contributed by atoms with van der Waals surface area (Å²) < 4.78 is 5.26. The summed E-state index contributed by atoms with van der Waals surface area (Å²) in [5.74, 6) is -0.201. The summed E-state index contributed by atoms with van der Waals surface area (Å²) in [5.41, 5.74) is 2.49. The van der Waals surface area contributed by atoms with Gasteiger partial charge in [0.25, 0.3) is 11.8 Å². The van der Waals surface area contributed by atoms with Crippen LogP contribution in [0.4, 0.5) is 11.4 Å². The molecule has 8 heteroatoms. The maximum Gasteiger partial charge on any atom is 0.272 e. The highest BCUT2D eigenvalue weighted by atomic mass is 32.2. The number of amides is 3. The lowest BCUT2D eigenvalue weighted by Gasteiger charge is -2.12. The average molecular weight is 538 g/mol. The highest BCUT2D eigenvalue weighted by molar-refractivity contribution is 8.00. The number of carbonyl (C=O) groups is 3. The normalized spacial score (nSPS) is 10.8. The van der Waals surface area contributed by atoms with Gasteiger partial charge in [-0.25, -0.2) is 0 Å². The fraction of sp³-hybridized carbons (Fsp3) is 0.0645. The minimum atomic E-state index is -0.459. The maximum absolute atomic E-state index is 13.1. The molecular formula is C31H27N3O4S. The number of benzene rings is 4. The first-order valence-electron chi connectivity index (χ1n) is 12.1. The molecular weight excluding hydrogens is 510 g/mol. The molecule has 3 N–H and O–H groups in total. The van der Waals surface area contributed by atoms with Gasteiger partial charge in [0.2, 0.25) is 5.91 Å². The van der Waals surface area contributed by atoms with E-state index < -0.39 is 5.91 Å². The summed E-state index contributed by atoms with van der Waals surface area (Å²) in [4.78, 5) is 39.2. The van der Waals surface area contributed by atoms with Crippen LogP contribution in [0.25, 0.3) is 6.08 Å². The van der Waals surface area contributed by atoms with Crippen molar-refractivity contribution in [2.45, 2.75) is 4.90 Å². The van der Waals surface area contributed by atoms with Crippen LogP contribution in [0.15, 0.2) is 120 Å². The molecule has 0 saturated carbocycles. The topological polar surface area (TPSA) is 96.5 Å². The van der Waals surface area contributed by atoms with Gasteiger partial charge >= 0.3 is 0 Å². The van der Waals surface area contributed by atoms with Gasteiger partial charge in [0, 0.05) is 16.1 Å². The van der Waals surface area contributed by atoms with Gasteiger partial charge in [0.1, 0.15) is 11.4 Å². The average Bonchev–Trinajstić information content (AvgIpc) is 2.97. The largest absolute Gasteiger partial charge is 0.495 e. The number of carbonyl (C=O) groups excluding carboxylic acids is 3. The van der Waals surface area contributed by atoms with Gasteiger partial charge in [-0.1, -0.05) is 60.7 Å². The predicted octanol–water partition coefficient (Wildman–Crippen LogP) is 5.84. The molecule has 0 saturated heterocycles. The number of rotatable bonds is 10. The Kier molecular flexibility index (Phi) is 9.52. The maximum atomic E-state index is 13.1. The molecule has 0 atom stereocenters. The monoisotopic (exact) mass is 537 g/mol. The molecule has 0 aliphatic rings. The van der Waals surface area contributed by atoms with Crippen LogP contribution in [-0.2, 0) is 9.59 Å². The van der Waals surface area contributed by atoms with Crippen LogP contribution in [0.1, 0.15) is 15.9 Å². The van der Waals surface area contributed by atoms with E-state index in [4.69, 9.17) is 4.74 Å². The Morgan fingerprint density at radius 3 is 2.10 bits per heavy atom. The minimum absolute atomic E-state index is 0.113. The Balaban J connectivity index is 1.38. The van der Waals surface area contributed by atoms with Crippen molar-refractivity contribution in [3.8, 4) is 5.75 Å². The van der Waals surface area contributed by atoms with Crippen molar-refractivity contribution in [2.75, 3.05) is 23.5 Å². The summed E-state index contributed by atoms with van der Waals surface area (Å²) in [6.07, 6.45) is 1.63. The van der Waals surface area contributed by atoms with Crippen molar-refractivity contribution in [3.63, 3.8) is 0 Å². The van der Waals surface area contributed by atoms with Gasteiger partial charge in [-0.3, -0.25) is 14.4 Å². The molecule has 4 rings (SSSR count). The molecule has 0 fully saturated rings. The molecule has 0 aliphatic heterocycles. The van der Waals surface area contributed by atoms with Crippen molar-refractivity contribution >= 4 is 46.9 Å². The molecule has 196 valence electrons. The summed E-state index contributed by atoms with van der Waals surface area (Å²) in [7, 11) is 1.55. The van der Waals surface area contributed by atoms with Gasteiger partial charge in [-0.2, -0.15) is 0 Å². The number of hydrogen-bond donors (Lipinski definition) is 3. The molecule has 0 unspecified atom stereocenters. The van der Waals surface area contributed by atoms with E-state index in [1.807, 2.05) is 60.7 Å². The van der Waals surface area contributed by atoms with Gasteiger partial charge in [0.15, 0.2) is 0 Å². The Bertz CT molecular complexity index is 1460. The molecule has 4 aromatic carbocycles. The quantitative estimate of drug-likeness (QED) is 0.175. The molecule has 7 nitrogen and oxygen atoms in total. The molecule has 0 aliphatic carbocycles. The number of hydrogen-bond acceptors (Lipinski definition) is 5. The second-order valence-electron chi connectivity index (χ2n) is 8.30. The highest BCUT2D eigenvalue weighted by Gasteiger charge is 2.15. The summed E-state index contributed by atoms with van der Waals surface area (Å²) >= 11 is 1.37. The van der Waals surface area contributed by atoms with Crippen LogP contribution in [-0.4, -0.2) is 30.6 Å². The van der Waals surface area contributed by atoms with Crippen LogP contribution >= 0.6 is 11.8 Å². The first kappa shape index (κ1) is 27.2. The molecule has 0 spiro atoms. The van der Waals surface area contributed by atoms with Crippen molar-refractivity contribution < 1.29 is 19.1 Å². The third kappa shape index (κ3) is 8.08. The Labute approximate surface area is 231 Å². The van der Waals surface area contributed by atoms with Crippen LogP contribution < -0.4 is 20.7 Å². The number of anilines is 2. The lowest BCUT2D eigenvalue weighted by atomic mass is 10.1. The van der Waals surface area contributed by atoms with Crippen molar-refractivity contribution in [2.24, 2.45) is 0 Å². The van der Waals surface area contributed by atoms with Crippen molar-refractivity contribution in [1.82, 2.24) is 5.32 Å². The van der Waals surface area contributed by atoms with Gasteiger partial charge in [0.05, 0.1) is 18.6 Å². The first-order chi connectivity index (χ1) is 19.0. The molecule has 0 aromatic heterocycles. The third-order valence-corrected chi connectivity index (χ3v) is 6.51. The van der Waals surface area contributed by atoms with E-state index in [2.05, 4.69) is 16.0 Å². The Morgan fingerprint density at radius 2 is 1.41 bits per heavy atom. The Morgan fingerprint density at radius 1 is 0.769 bits per heavy atom. The summed E-state index contributed by atoms with van der Waals surface area (Å²) in [6.45, 7) is 0. The minimum Gasteiger partial charge on any atom is -0.495 e. The fourth-order valence-electron chi connectivity index (χ4n) is 3.57. The zero-order valence-electron chi connectivity index (χ0n) is 21.2. The van der Waals surface area contributed by atoms with Crippen LogP contribution in [0.3, 0.4) is 0 Å². The first-order valence-corrected chi connectivity index (χ1v) is 13.1. The number of ether oxygens (including phenoxy) is 1. The predicted molar refractivity (Wildman–Crippen MR) is 156 cm³/mol. The fourth-order valence-corrected chi connectivity index (χ4v) is 4.27. The molecule has 39 heavy (non-hydrogen) atoms. The van der Waals surface area contributed by atoms with E-state index in [0.29, 0.717) is 22.7 Å². The lowest BCUT2D eigenvalue weighted by Crippen LogP contribution is -2.30. The molecule has 0 heterocycles. The van der Waals surface area contributed by atoms with E-state index in [0.717, 1.165) is 10.5 Å². The second kappa shape index (κ2) is 13.6. The van der Waals surface area contributed by atoms with Gasteiger partial charge in [-0.15, -0.1) is 11.8 Å². The zero-order valence-corrected chi connectivity index (χ0v) is 22.0. The summed E-state index contributed by atoms with van der Waals surface area (Å²) in [5, 5.41) is 8.41. The summed E-state index contributed by atoms with van der Waals surface area (Å²) in [6, 6.07) is 32.3. The number of thioether (sulfide) groups is 1. The van der Waals surface area contributed by atoms with E-state index >= 15 is 0 Å². The van der Waals surface area contributed by atoms with E-state index in [9.17, 15) is 14.4 Å². The van der Waals surface area contributed by atoms with Crippen molar-refractivity contribution in [1.29, 1.82) is 0 Å². The smallest absolute Gasteiger partial charge is 0.272 e. The molecule has 4 aromatic rings. The zero-order chi connectivity index (χ0) is 27.5. The third-order valence-electron chi connectivity index (χ3n) is 5.50.